The van der Waals surface area contributed by atoms with Crippen LogP contribution in [0.15, 0.2) is 24.3 Å². The molecule has 1 N–H and O–H groups in total. The maximum Gasteiger partial charge on any atom is 0.334 e. The summed E-state index contributed by atoms with van der Waals surface area (Å²) in [5.74, 6) is -1.03. The van der Waals surface area contributed by atoms with E-state index >= 15 is 0 Å². The highest BCUT2D eigenvalue weighted by molar-refractivity contribution is 5.83. The Morgan fingerprint density at radius 3 is 2.47 bits per heavy atom. The summed E-state index contributed by atoms with van der Waals surface area (Å²) in [6.07, 6.45) is 0.584. The van der Waals surface area contributed by atoms with Crippen molar-refractivity contribution in [3.8, 4) is 0 Å². The number of aliphatic carboxylic acids is 1. The number of carbonyl (C=O) groups is 2. The van der Waals surface area contributed by atoms with Gasteiger partial charge < -0.3 is 10.0 Å². The third-order valence-corrected chi connectivity index (χ3v) is 3.13. The summed E-state index contributed by atoms with van der Waals surface area (Å²) in [6.45, 7) is 5.50. The molecule has 17 heavy (non-hydrogen) atoms. The molecule has 1 atom stereocenters. The molecule has 0 radical (unpaired) electrons. The van der Waals surface area contributed by atoms with Gasteiger partial charge in [0.25, 0.3) is 0 Å². The Kier molecular flexibility index (Phi) is 3.89. The summed E-state index contributed by atoms with van der Waals surface area (Å²) in [7, 11) is 0. The molecule has 1 aromatic rings. The van der Waals surface area contributed by atoms with Crippen LogP contribution >= 0.6 is 0 Å². The third kappa shape index (κ3) is 2.16. The molecule has 92 valence electrons. The highest BCUT2D eigenvalue weighted by atomic mass is 16.4. The molecule has 0 aromatic heterocycles. The number of nitrogens with zero attached hydrogens (tertiary/aromatic N) is 1. The Hall–Kier alpha value is -1.84. The average Bonchev–Trinajstić information content (AvgIpc) is 2.30. The molecule has 1 unspecified atom stereocenters. The average molecular weight is 235 g/mol. The van der Waals surface area contributed by atoms with Gasteiger partial charge in [0.1, 0.15) is 0 Å². The molecule has 0 heterocycles. The topological polar surface area (TPSA) is 57.6 Å². The Morgan fingerprint density at radius 2 is 2.06 bits per heavy atom. The van der Waals surface area contributed by atoms with Crippen LogP contribution in [0.4, 0.5) is 0 Å². The van der Waals surface area contributed by atoms with Crippen LogP contribution in [-0.4, -0.2) is 28.9 Å². The molecule has 0 aliphatic heterocycles. The van der Waals surface area contributed by atoms with E-state index in [2.05, 4.69) is 0 Å². The number of aryl methyl sites for hydroxylation is 1. The second-order valence-corrected chi connectivity index (χ2v) is 4.08. The number of likely N-dealkylation sites (N-methyl/N-ethyl adjacent to an activating group) is 1. The number of carbonyl (C=O) groups excluding carboxylic acids is 1. The summed E-state index contributed by atoms with van der Waals surface area (Å²) >= 11 is 0. The standard InChI is InChI=1S/C13H17NO3/c1-4-14(9-15)13(3,12(16)17)11-8-6-5-7-10(11)2/h5-9H,4H2,1-3H3,(H,16,17). The fourth-order valence-corrected chi connectivity index (χ4v) is 2.01. The third-order valence-electron chi connectivity index (χ3n) is 3.13. The Morgan fingerprint density at radius 1 is 1.47 bits per heavy atom. The first-order valence-corrected chi connectivity index (χ1v) is 5.50. The minimum absolute atomic E-state index is 0.348. The predicted molar refractivity (Wildman–Crippen MR) is 64.6 cm³/mol. The first kappa shape index (κ1) is 13.2. The Bertz CT molecular complexity index is 430. The van der Waals surface area contributed by atoms with E-state index in [9.17, 15) is 14.7 Å². The fraction of sp³-hybridized carbons (Fsp3) is 0.385. The van der Waals surface area contributed by atoms with Crippen LogP contribution < -0.4 is 0 Å². The number of benzene rings is 1. The van der Waals surface area contributed by atoms with E-state index in [1.807, 2.05) is 19.1 Å². The van der Waals surface area contributed by atoms with E-state index in [-0.39, 0.29) is 0 Å². The van der Waals surface area contributed by atoms with Gasteiger partial charge in [-0.2, -0.15) is 0 Å². The van der Waals surface area contributed by atoms with Crippen LogP contribution in [0.1, 0.15) is 25.0 Å². The second-order valence-electron chi connectivity index (χ2n) is 4.08. The van der Waals surface area contributed by atoms with Gasteiger partial charge in [-0.15, -0.1) is 0 Å². The van der Waals surface area contributed by atoms with Crippen molar-refractivity contribution in [2.75, 3.05) is 6.54 Å². The summed E-state index contributed by atoms with van der Waals surface area (Å²) < 4.78 is 0. The highest BCUT2D eigenvalue weighted by Crippen LogP contribution is 2.30. The van der Waals surface area contributed by atoms with E-state index in [1.165, 1.54) is 4.90 Å². The van der Waals surface area contributed by atoms with Crippen LogP contribution in [0, 0.1) is 6.92 Å². The molecule has 1 rings (SSSR count). The molecular weight excluding hydrogens is 218 g/mol. The van der Waals surface area contributed by atoms with E-state index < -0.39 is 11.5 Å². The van der Waals surface area contributed by atoms with Crippen molar-refractivity contribution < 1.29 is 14.7 Å². The normalized spacial score (nSPS) is 13.8. The molecule has 0 saturated heterocycles. The number of carboxylic acids is 1. The summed E-state index contributed by atoms with van der Waals surface area (Å²) in [5.41, 5.74) is 0.182. The highest BCUT2D eigenvalue weighted by Gasteiger charge is 2.41. The zero-order valence-corrected chi connectivity index (χ0v) is 10.3. The number of amides is 1. The lowest BCUT2D eigenvalue weighted by Crippen LogP contribution is -2.49. The first-order chi connectivity index (χ1) is 7.98. The van der Waals surface area contributed by atoms with Gasteiger partial charge in [0.15, 0.2) is 5.54 Å². The number of hydrogen-bond acceptors (Lipinski definition) is 2. The van der Waals surface area contributed by atoms with E-state index in [0.29, 0.717) is 18.5 Å². The maximum atomic E-state index is 11.5. The Labute approximate surface area is 101 Å². The zero-order valence-electron chi connectivity index (χ0n) is 10.3. The van der Waals surface area contributed by atoms with Crippen molar-refractivity contribution in [1.29, 1.82) is 0 Å². The second kappa shape index (κ2) is 4.99. The van der Waals surface area contributed by atoms with Crippen LogP contribution in [0.5, 0.6) is 0 Å². The summed E-state index contributed by atoms with van der Waals surface area (Å²) in [6, 6.07) is 7.21. The van der Waals surface area contributed by atoms with Crippen molar-refractivity contribution in [1.82, 2.24) is 4.90 Å². The SMILES string of the molecule is CCN(C=O)C(C)(C(=O)O)c1ccccc1C. The van der Waals surface area contributed by atoms with Gasteiger partial charge in [-0.3, -0.25) is 4.79 Å². The van der Waals surface area contributed by atoms with Gasteiger partial charge in [-0.25, -0.2) is 4.79 Å². The first-order valence-electron chi connectivity index (χ1n) is 5.50. The van der Waals surface area contributed by atoms with Gasteiger partial charge in [0, 0.05) is 6.54 Å². The van der Waals surface area contributed by atoms with Crippen molar-refractivity contribution in [2.45, 2.75) is 26.3 Å². The lowest BCUT2D eigenvalue weighted by atomic mass is 9.87. The zero-order chi connectivity index (χ0) is 13.1. The van der Waals surface area contributed by atoms with Crippen LogP contribution in [0.25, 0.3) is 0 Å². The minimum Gasteiger partial charge on any atom is -0.479 e. The van der Waals surface area contributed by atoms with Crippen molar-refractivity contribution in [3.05, 3.63) is 35.4 Å². The molecule has 4 heteroatoms. The quantitative estimate of drug-likeness (QED) is 0.791. The summed E-state index contributed by atoms with van der Waals surface area (Å²) in [5, 5.41) is 9.44. The van der Waals surface area contributed by atoms with Crippen LogP contribution in [0.3, 0.4) is 0 Å². The number of hydrogen-bond donors (Lipinski definition) is 1. The summed E-state index contributed by atoms with van der Waals surface area (Å²) in [4.78, 5) is 23.9. The molecule has 4 nitrogen and oxygen atoms in total. The molecule has 1 amide bonds. The van der Waals surface area contributed by atoms with E-state index in [0.717, 1.165) is 5.56 Å². The van der Waals surface area contributed by atoms with Crippen molar-refractivity contribution in [2.24, 2.45) is 0 Å². The van der Waals surface area contributed by atoms with Crippen LogP contribution in [0.2, 0.25) is 0 Å². The molecule has 0 saturated carbocycles. The molecule has 0 bridgehead atoms. The molecule has 0 aliphatic rings. The van der Waals surface area contributed by atoms with Crippen LogP contribution in [-0.2, 0) is 15.1 Å². The Balaban J connectivity index is 3.40. The molecule has 0 aliphatic carbocycles. The van der Waals surface area contributed by atoms with E-state index in [4.69, 9.17) is 0 Å². The van der Waals surface area contributed by atoms with Gasteiger partial charge in [-0.05, 0) is 31.9 Å². The van der Waals surface area contributed by atoms with E-state index in [1.54, 1.807) is 26.0 Å². The fourth-order valence-electron chi connectivity index (χ4n) is 2.01. The van der Waals surface area contributed by atoms with Crippen molar-refractivity contribution >= 4 is 12.4 Å². The molecule has 1 aromatic carbocycles. The number of rotatable bonds is 5. The minimum atomic E-state index is -1.32. The smallest absolute Gasteiger partial charge is 0.334 e. The molecule has 0 spiro atoms. The lowest BCUT2D eigenvalue weighted by molar-refractivity contribution is -0.154. The number of carboxylic acid groups (broad SMARTS) is 1. The molecule has 0 fully saturated rings. The van der Waals surface area contributed by atoms with Gasteiger partial charge in [0.2, 0.25) is 6.41 Å². The van der Waals surface area contributed by atoms with Crippen molar-refractivity contribution in [3.63, 3.8) is 0 Å². The maximum absolute atomic E-state index is 11.5. The molecular formula is C13H17NO3. The lowest BCUT2D eigenvalue weighted by Gasteiger charge is -2.35. The van der Waals surface area contributed by atoms with Gasteiger partial charge in [-0.1, -0.05) is 24.3 Å². The van der Waals surface area contributed by atoms with Gasteiger partial charge >= 0.3 is 5.97 Å². The largest absolute Gasteiger partial charge is 0.479 e. The monoisotopic (exact) mass is 235 g/mol. The van der Waals surface area contributed by atoms with Gasteiger partial charge in [0.05, 0.1) is 0 Å². The predicted octanol–water partition coefficient (Wildman–Crippen LogP) is 1.77.